The van der Waals surface area contributed by atoms with Gasteiger partial charge in [0.15, 0.2) is 0 Å². The molecule has 5 heteroatoms. The van der Waals surface area contributed by atoms with Gasteiger partial charge in [0.05, 0.1) is 13.2 Å². The highest BCUT2D eigenvalue weighted by atomic mass is 16.5. The van der Waals surface area contributed by atoms with E-state index in [4.69, 9.17) is 14.2 Å². The van der Waals surface area contributed by atoms with E-state index in [0.29, 0.717) is 24.3 Å². The fourth-order valence-corrected chi connectivity index (χ4v) is 3.15. The van der Waals surface area contributed by atoms with Gasteiger partial charge in [-0.25, -0.2) is 9.97 Å². The van der Waals surface area contributed by atoms with Gasteiger partial charge in [-0.05, 0) is 31.9 Å². The van der Waals surface area contributed by atoms with Gasteiger partial charge >= 0.3 is 0 Å². The molecule has 2 aromatic heterocycles. The lowest BCUT2D eigenvalue weighted by atomic mass is 10.1. The maximum absolute atomic E-state index is 5.98. The zero-order chi connectivity index (χ0) is 16.5. The van der Waals surface area contributed by atoms with Crippen molar-refractivity contribution in [3.05, 3.63) is 47.3 Å². The third-order valence-corrected chi connectivity index (χ3v) is 4.54. The number of aromatic nitrogens is 2. The van der Waals surface area contributed by atoms with E-state index in [1.807, 2.05) is 38.1 Å². The van der Waals surface area contributed by atoms with Crippen LogP contribution < -0.4 is 9.47 Å². The summed E-state index contributed by atoms with van der Waals surface area (Å²) < 4.78 is 17.2. The van der Waals surface area contributed by atoms with Crippen molar-refractivity contribution in [3.8, 4) is 11.8 Å². The fourth-order valence-electron chi connectivity index (χ4n) is 3.15. The molecule has 2 fully saturated rings. The standard InChI is InChI=1S/C19H22N2O3/c1-12-4-3-5-18(20-12)24-17-10-16(17)15-6-7-19(21-13(15)2)23-14-8-9-22-11-14/h3-7,14,16-17H,8-11H2,1-2H3. The number of aryl methyl sites for hydroxylation is 2. The van der Waals surface area contributed by atoms with E-state index in [1.54, 1.807) is 0 Å². The smallest absolute Gasteiger partial charge is 0.213 e. The van der Waals surface area contributed by atoms with Gasteiger partial charge in [-0.1, -0.05) is 12.1 Å². The molecule has 3 heterocycles. The van der Waals surface area contributed by atoms with Gasteiger partial charge in [-0.3, -0.25) is 0 Å². The molecule has 0 amide bonds. The van der Waals surface area contributed by atoms with Crippen LogP contribution in [0.3, 0.4) is 0 Å². The topological polar surface area (TPSA) is 53.5 Å². The van der Waals surface area contributed by atoms with Crippen molar-refractivity contribution in [3.63, 3.8) is 0 Å². The minimum absolute atomic E-state index is 0.132. The molecule has 0 aromatic carbocycles. The Morgan fingerprint density at radius 3 is 2.67 bits per heavy atom. The predicted molar refractivity (Wildman–Crippen MR) is 89.6 cm³/mol. The molecule has 2 aromatic rings. The molecule has 2 aliphatic rings. The Kier molecular flexibility index (Phi) is 4.10. The maximum Gasteiger partial charge on any atom is 0.213 e. The third-order valence-electron chi connectivity index (χ3n) is 4.54. The first-order valence-electron chi connectivity index (χ1n) is 8.51. The van der Waals surface area contributed by atoms with E-state index >= 15 is 0 Å². The second-order valence-corrected chi connectivity index (χ2v) is 6.54. The van der Waals surface area contributed by atoms with Gasteiger partial charge in [0.2, 0.25) is 11.8 Å². The van der Waals surface area contributed by atoms with Crippen LogP contribution in [0.25, 0.3) is 0 Å². The van der Waals surface area contributed by atoms with E-state index in [9.17, 15) is 0 Å². The average molecular weight is 326 g/mol. The van der Waals surface area contributed by atoms with Crippen molar-refractivity contribution in [1.82, 2.24) is 9.97 Å². The van der Waals surface area contributed by atoms with Crippen molar-refractivity contribution in [1.29, 1.82) is 0 Å². The van der Waals surface area contributed by atoms with Gasteiger partial charge in [0, 0.05) is 35.9 Å². The van der Waals surface area contributed by atoms with Crippen LogP contribution in [0.15, 0.2) is 30.3 Å². The highest BCUT2D eigenvalue weighted by molar-refractivity contribution is 5.34. The summed E-state index contributed by atoms with van der Waals surface area (Å²) in [5.41, 5.74) is 3.22. The molecule has 24 heavy (non-hydrogen) atoms. The Balaban J connectivity index is 1.40. The second kappa shape index (κ2) is 6.40. The van der Waals surface area contributed by atoms with E-state index in [2.05, 4.69) is 16.0 Å². The van der Waals surface area contributed by atoms with Crippen molar-refractivity contribution < 1.29 is 14.2 Å². The van der Waals surface area contributed by atoms with Crippen LogP contribution in [0.2, 0.25) is 0 Å². The summed E-state index contributed by atoms with van der Waals surface area (Å²) in [7, 11) is 0. The Labute approximate surface area is 142 Å². The van der Waals surface area contributed by atoms with E-state index in [1.165, 1.54) is 5.56 Å². The lowest BCUT2D eigenvalue weighted by molar-refractivity contribution is 0.138. The summed E-state index contributed by atoms with van der Waals surface area (Å²) in [6.45, 7) is 5.44. The highest BCUT2D eigenvalue weighted by Crippen LogP contribution is 2.44. The Bertz CT molecular complexity index is 728. The van der Waals surface area contributed by atoms with E-state index in [0.717, 1.165) is 30.8 Å². The molecule has 126 valence electrons. The number of ether oxygens (including phenoxy) is 3. The molecule has 1 saturated heterocycles. The van der Waals surface area contributed by atoms with Crippen LogP contribution >= 0.6 is 0 Å². The minimum Gasteiger partial charge on any atom is -0.474 e. The average Bonchev–Trinajstić information content (AvgIpc) is 3.10. The Morgan fingerprint density at radius 2 is 1.92 bits per heavy atom. The third kappa shape index (κ3) is 3.36. The number of nitrogens with zero attached hydrogens (tertiary/aromatic N) is 2. The molecule has 0 bridgehead atoms. The molecule has 0 N–H and O–H groups in total. The SMILES string of the molecule is Cc1cccc(OC2CC2c2ccc(OC3CCOC3)nc2C)n1. The molecule has 0 spiro atoms. The molecule has 1 saturated carbocycles. The molecule has 3 atom stereocenters. The first kappa shape index (κ1) is 15.4. The molecule has 1 aliphatic carbocycles. The second-order valence-electron chi connectivity index (χ2n) is 6.54. The molecule has 1 aliphatic heterocycles. The minimum atomic E-state index is 0.132. The molecule has 5 nitrogen and oxygen atoms in total. The van der Waals surface area contributed by atoms with E-state index < -0.39 is 0 Å². The number of pyridine rings is 2. The molecule has 0 radical (unpaired) electrons. The highest BCUT2D eigenvalue weighted by Gasteiger charge is 2.42. The monoisotopic (exact) mass is 326 g/mol. The lowest BCUT2D eigenvalue weighted by Crippen LogP contribution is -2.16. The van der Waals surface area contributed by atoms with Crippen LogP contribution in [-0.4, -0.2) is 35.4 Å². The zero-order valence-electron chi connectivity index (χ0n) is 14.1. The largest absolute Gasteiger partial charge is 0.474 e. The summed E-state index contributed by atoms with van der Waals surface area (Å²) in [6, 6.07) is 9.93. The Morgan fingerprint density at radius 1 is 1.04 bits per heavy atom. The van der Waals surface area contributed by atoms with Gasteiger partial charge in [0.25, 0.3) is 0 Å². The van der Waals surface area contributed by atoms with Crippen molar-refractivity contribution in [2.24, 2.45) is 0 Å². The van der Waals surface area contributed by atoms with Crippen molar-refractivity contribution in [2.45, 2.75) is 44.8 Å². The van der Waals surface area contributed by atoms with Crippen LogP contribution in [0.1, 0.15) is 35.7 Å². The molecular formula is C19H22N2O3. The summed E-state index contributed by atoms with van der Waals surface area (Å²) in [5.74, 6) is 1.78. The lowest BCUT2D eigenvalue weighted by Gasteiger charge is -2.13. The van der Waals surface area contributed by atoms with Crippen LogP contribution in [-0.2, 0) is 4.74 Å². The summed E-state index contributed by atoms with van der Waals surface area (Å²) >= 11 is 0. The van der Waals surface area contributed by atoms with Crippen LogP contribution in [0.5, 0.6) is 11.8 Å². The van der Waals surface area contributed by atoms with Crippen LogP contribution in [0.4, 0.5) is 0 Å². The Hall–Kier alpha value is -2.14. The van der Waals surface area contributed by atoms with Crippen LogP contribution in [0, 0.1) is 13.8 Å². The fraction of sp³-hybridized carbons (Fsp3) is 0.474. The predicted octanol–water partition coefficient (Wildman–Crippen LogP) is 3.20. The molecule has 3 unspecified atom stereocenters. The first-order chi connectivity index (χ1) is 11.7. The summed E-state index contributed by atoms with van der Waals surface area (Å²) in [6.07, 6.45) is 2.27. The molecular weight excluding hydrogens is 304 g/mol. The van der Waals surface area contributed by atoms with Gasteiger partial charge in [0.1, 0.15) is 12.2 Å². The first-order valence-corrected chi connectivity index (χ1v) is 8.51. The summed E-state index contributed by atoms with van der Waals surface area (Å²) in [4.78, 5) is 9.01. The van der Waals surface area contributed by atoms with E-state index in [-0.39, 0.29) is 12.2 Å². The number of hydrogen-bond acceptors (Lipinski definition) is 5. The molecule has 4 rings (SSSR count). The van der Waals surface area contributed by atoms with Gasteiger partial charge in [-0.2, -0.15) is 0 Å². The summed E-state index contributed by atoms with van der Waals surface area (Å²) in [5, 5.41) is 0. The maximum atomic E-state index is 5.98. The van der Waals surface area contributed by atoms with Gasteiger partial charge in [-0.15, -0.1) is 0 Å². The zero-order valence-corrected chi connectivity index (χ0v) is 14.1. The van der Waals surface area contributed by atoms with Crippen molar-refractivity contribution >= 4 is 0 Å². The number of hydrogen-bond donors (Lipinski definition) is 0. The quantitative estimate of drug-likeness (QED) is 0.844. The van der Waals surface area contributed by atoms with Crippen molar-refractivity contribution in [2.75, 3.05) is 13.2 Å². The van der Waals surface area contributed by atoms with Gasteiger partial charge < -0.3 is 14.2 Å². The normalized spacial score (nSPS) is 25.5. The number of rotatable bonds is 5.